The molecule has 1 N–H and O–H groups in total. The van der Waals surface area contributed by atoms with E-state index in [0.717, 1.165) is 29.3 Å². The first kappa shape index (κ1) is 14.3. The predicted molar refractivity (Wildman–Crippen MR) is 75.8 cm³/mol. The second-order valence-corrected chi connectivity index (χ2v) is 4.52. The molecule has 2 aromatic rings. The van der Waals surface area contributed by atoms with Gasteiger partial charge in [0.2, 0.25) is 5.88 Å². The van der Waals surface area contributed by atoms with Gasteiger partial charge in [0, 0.05) is 11.6 Å². The number of ether oxygens (including phenoxy) is 1. The van der Waals surface area contributed by atoms with Gasteiger partial charge < -0.3 is 14.6 Å². The minimum atomic E-state index is 0.102. The van der Waals surface area contributed by atoms with Gasteiger partial charge in [-0.2, -0.15) is 0 Å². The van der Waals surface area contributed by atoms with E-state index in [2.05, 4.69) is 27.4 Å². The second-order valence-electron chi connectivity index (χ2n) is 4.52. The zero-order valence-corrected chi connectivity index (χ0v) is 12.3. The number of anilines is 1. The van der Waals surface area contributed by atoms with Gasteiger partial charge in [0.15, 0.2) is 0 Å². The molecule has 0 fully saturated rings. The minimum Gasteiger partial charge on any atom is -0.478 e. The molecule has 20 heavy (non-hydrogen) atoms. The van der Waals surface area contributed by atoms with Crippen molar-refractivity contribution >= 4 is 5.82 Å². The molecule has 0 saturated carbocycles. The highest BCUT2D eigenvalue weighted by atomic mass is 16.5. The fourth-order valence-corrected chi connectivity index (χ4v) is 2.19. The van der Waals surface area contributed by atoms with Gasteiger partial charge in [-0.05, 0) is 27.2 Å². The first-order chi connectivity index (χ1) is 9.65. The molecule has 0 aliphatic carbocycles. The molecule has 1 atom stereocenters. The summed E-state index contributed by atoms with van der Waals surface area (Å²) in [7, 11) is 0. The van der Waals surface area contributed by atoms with Crippen LogP contribution < -0.4 is 10.1 Å². The maximum Gasteiger partial charge on any atom is 0.218 e. The van der Waals surface area contributed by atoms with Crippen LogP contribution in [0.4, 0.5) is 5.82 Å². The van der Waals surface area contributed by atoms with Crippen molar-refractivity contribution in [1.29, 1.82) is 0 Å². The third kappa shape index (κ3) is 3.07. The Morgan fingerprint density at radius 1 is 1.30 bits per heavy atom. The summed E-state index contributed by atoms with van der Waals surface area (Å²) < 4.78 is 10.6. The predicted octanol–water partition coefficient (Wildman–Crippen LogP) is 3.04. The smallest absolute Gasteiger partial charge is 0.218 e. The summed E-state index contributed by atoms with van der Waals surface area (Å²) in [4.78, 5) is 8.28. The Bertz CT molecular complexity index is 549. The van der Waals surface area contributed by atoms with E-state index in [-0.39, 0.29) is 6.04 Å². The molecule has 2 heterocycles. The van der Waals surface area contributed by atoms with Crippen molar-refractivity contribution in [2.45, 2.75) is 40.2 Å². The van der Waals surface area contributed by atoms with Crippen LogP contribution in [0.2, 0.25) is 0 Å². The Hall–Kier alpha value is -2.11. The van der Waals surface area contributed by atoms with E-state index in [0.29, 0.717) is 12.5 Å². The van der Waals surface area contributed by atoms with E-state index < -0.39 is 0 Å². The Labute approximate surface area is 118 Å². The zero-order chi connectivity index (χ0) is 14.5. The summed E-state index contributed by atoms with van der Waals surface area (Å²) in [6.45, 7) is 8.48. The van der Waals surface area contributed by atoms with Gasteiger partial charge in [0.1, 0.15) is 17.9 Å². The number of aryl methyl sites for hydroxylation is 2. The van der Waals surface area contributed by atoms with Crippen LogP contribution in [-0.2, 0) is 0 Å². The van der Waals surface area contributed by atoms with E-state index in [1.165, 1.54) is 6.33 Å². The van der Waals surface area contributed by atoms with Crippen LogP contribution >= 0.6 is 0 Å². The van der Waals surface area contributed by atoms with Crippen LogP contribution in [0.25, 0.3) is 0 Å². The lowest BCUT2D eigenvalue weighted by Gasteiger charge is -2.17. The Kier molecular flexibility index (Phi) is 4.55. The summed E-state index contributed by atoms with van der Waals surface area (Å²) in [6, 6.07) is 1.90. The number of hydrogen-bond donors (Lipinski definition) is 1. The molecule has 0 aliphatic heterocycles. The first-order valence-electron chi connectivity index (χ1n) is 6.79. The maximum absolute atomic E-state index is 5.38. The average molecular weight is 276 g/mol. The number of hydrogen-bond acceptors (Lipinski definition) is 6. The van der Waals surface area contributed by atoms with Gasteiger partial charge in [0.05, 0.1) is 18.3 Å². The van der Waals surface area contributed by atoms with Crippen molar-refractivity contribution in [2.24, 2.45) is 0 Å². The van der Waals surface area contributed by atoms with Gasteiger partial charge in [-0.1, -0.05) is 12.1 Å². The van der Waals surface area contributed by atoms with Crippen LogP contribution in [0.1, 0.15) is 43.3 Å². The van der Waals surface area contributed by atoms with E-state index in [1.807, 2.05) is 20.8 Å². The van der Waals surface area contributed by atoms with Crippen molar-refractivity contribution in [1.82, 2.24) is 15.1 Å². The molecule has 0 saturated heterocycles. The van der Waals surface area contributed by atoms with E-state index in [4.69, 9.17) is 9.26 Å². The van der Waals surface area contributed by atoms with Crippen molar-refractivity contribution in [3.05, 3.63) is 29.4 Å². The molecule has 0 aliphatic rings. The number of aromatic nitrogens is 3. The molecular formula is C14H20N4O2. The second kappa shape index (κ2) is 6.36. The lowest BCUT2D eigenvalue weighted by atomic mass is 10.0. The van der Waals surface area contributed by atoms with E-state index in [1.54, 1.807) is 6.07 Å². The molecule has 1 unspecified atom stereocenters. The molecule has 0 aromatic carbocycles. The Balaban J connectivity index is 2.20. The largest absolute Gasteiger partial charge is 0.478 e. The fourth-order valence-electron chi connectivity index (χ4n) is 2.19. The Morgan fingerprint density at radius 3 is 2.70 bits per heavy atom. The summed E-state index contributed by atoms with van der Waals surface area (Å²) >= 11 is 0. The summed E-state index contributed by atoms with van der Waals surface area (Å²) in [5.41, 5.74) is 1.99. The van der Waals surface area contributed by atoms with Crippen LogP contribution in [0.5, 0.6) is 5.88 Å². The van der Waals surface area contributed by atoms with Crippen LogP contribution in [0, 0.1) is 13.8 Å². The maximum atomic E-state index is 5.38. The van der Waals surface area contributed by atoms with Gasteiger partial charge in [-0.15, -0.1) is 0 Å². The van der Waals surface area contributed by atoms with Gasteiger partial charge in [0.25, 0.3) is 0 Å². The van der Waals surface area contributed by atoms with Gasteiger partial charge in [-0.3, -0.25) is 0 Å². The molecule has 2 rings (SSSR count). The SMILES string of the molecule is CCOc1cc(NC(CC)c2c(C)noc2C)ncn1. The summed E-state index contributed by atoms with van der Waals surface area (Å²) in [5.74, 6) is 2.13. The standard InChI is InChI=1S/C14H20N4O2/c1-5-11(14-9(3)18-20-10(14)4)17-12-7-13(19-6-2)16-8-15-12/h7-8,11H,5-6H2,1-4H3,(H,15,16,17). The highest BCUT2D eigenvalue weighted by Crippen LogP contribution is 2.27. The topological polar surface area (TPSA) is 73.1 Å². The quantitative estimate of drug-likeness (QED) is 0.874. The molecule has 0 spiro atoms. The molecule has 0 bridgehead atoms. The van der Waals surface area contributed by atoms with Crippen molar-refractivity contribution in [3.8, 4) is 5.88 Å². The van der Waals surface area contributed by atoms with Gasteiger partial charge >= 0.3 is 0 Å². The van der Waals surface area contributed by atoms with Crippen molar-refractivity contribution < 1.29 is 9.26 Å². The number of nitrogens with zero attached hydrogens (tertiary/aromatic N) is 3. The highest BCUT2D eigenvalue weighted by Gasteiger charge is 2.19. The monoisotopic (exact) mass is 276 g/mol. The molecule has 2 aromatic heterocycles. The third-order valence-corrected chi connectivity index (χ3v) is 3.10. The molecule has 0 amide bonds. The Morgan fingerprint density at radius 2 is 2.10 bits per heavy atom. The third-order valence-electron chi connectivity index (χ3n) is 3.10. The molecule has 108 valence electrons. The minimum absolute atomic E-state index is 0.102. The fraction of sp³-hybridized carbons (Fsp3) is 0.500. The molecular weight excluding hydrogens is 256 g/mol. The number of rotatable bonds is 6. The van der Waals surface area contributed by atoms with Crippen molar-refractivity contribution in [2.75, 3.05) is 11.9 Å². The number of nitrogens with one attached hydrogen (secondary N) is 1. The average Bonchev–Trinajstić information content (AvgIpc) is 2.77. The van der Waals surface area contributed by atoms with E-state index >= 15 is 0 Å². The van der Waals surface area contributed by atoms with E-state index in [9.17, 15) is 0 Å². The van der Waals surface area contributed by atoms with Gasteiger partial charge in [-0.25, -0.2) is 9.97 Å². The normalized spacial score (nSPS) is 12.2. The molecule has 0 radical (unpaired) electrons. The van der Waals surface area contributed by atoms with Crippen LogP contribution in [0.15, 0.2) is 16.9 Å². The summed E-state index contributed by atoms with van der Waals surface area (Å²) in [5, 5.41) is 7.38. The summed E-state index contributed by atoms with van der Waals surface area (Å²) in [6.07, 6.45) is 2.39. The lowest BCUT2D eigenvalue weighted by Crippen LogP contribution is -2.12. The zero-order valence-electron chi connectivity index (χ0n) is 12.3. The molecule has 6 nitrogen and oxygen atoms in total. The van der Waals surface area contributed by atoms with Crippen LogP contribution in [0.3, 0.4) is 0 Å². The lowest BCUT2D eigenvalue weighted by molar-refractivity contribution is 0.326. The van der Waals surface area contributed by atoms with Crippen LogP contribution in [-0.4, -0.2) is 21.7 Å². The highest BCUT2D eigenvalue weighted by molar-refractivity contribution is 5.41. The first-order valence-corrected chi connectivity index (χ1v) is 6.79. The van der Waals surface area contributed by atoms with Crippen molar-refractivity contribution in [3.63, 3.8) is 0 Å². The molecule has 6 heteroatoms.